The summed E-state index contributed by atoms with van der Waals surface area (Å²) in [6.07, 6.45) is 0.0527. The molecule has 0 saturated carbocycles. The summed E-state index contributed by atoms with van der Waals surface area (Å²) in [6.45, 7) is -0.0175. The fourth-order valence-electron chi connectivity index (χ4n) is 1.52. The van der Waals surface area contributed by atoms with E-state index in [-0.39, 0.29) is 23.7 Å². The first-order valence-corrected chi connectivity index (χ1v) is 6.84. The van der Waals surface area contributed by atoms with Crippen molar-refractivity contribution in [2.24, 2.45) is 0 Å². The molecule has 0 unspecified atom stereocenters. The van der Waals surface area contributed by atoms with Crippen LogP contribution in [-0.4, -0.2) is 46.3 Å². The predicted octanol–water partition coefficient (Wildman–Crippen LogP) is 0.695. The van der Waals surface area contributed by atoms with E-state index in [1.54, 1.807) is 18.2 Å². The van der Waals surface area contributed by atoms with Gasteiger partial charge in [-0.05, 0) is 11.6 Å². The fraction of sp³-hybridized carbons (Fsp3) is 0.417. The van der Waals surface area contributed by atoms with Gasteiger partial charge in [-0.15, -0.1) is 0 Å². The second-order valence-electron chi connectivity index (χ2n) is 4.04. The van der Waals surface area contributed by atoms with E-state index < -0.39 is 10.0 Å². The molecule has 0 aromatic heterocycles. The van der Waals surface area contributed by atoms with Crippen molar-refractivity contribution in [3.05, 3.63) is 29.8 Å². The number of sulfonamides is 1. The zero-order valence-electron chi connectivity index (χ0n) is 10.7. The van der Waals surface area contributed by atoms with Gasteiger partial charge in [-0.3, -0.25) is 4.79 Å². The maximum atomic E-state index is 12.1. The largest absolute Gasteiger partial charge is 0.377 e. The van der Waals surface area contributed by atoms with Crippen LogP contribution in [0.3, 0.4) is 0 Å². The SMILES string of the molecule is COCC(=O)Cc1ccccc1S(=O)(=O)N(C)C. The van der Waals surface area contributed by atoms with Gasteiger partial charge in [0, 0.05) is 27.6 Å². The molecule has 0 heterocycles. The number of Topliss-reactive ketones (excluding diaryl/α,β-unsaturated/α-hetero) is 1. The lowest BCUT2D eigenvalue weighted by molar-refractivity contribution is -0.122. The molecule has 5 nitrogen and oxygen atoms in total. The van der Waals surface area contributed by atoms with E-state index in [9.17, 15) is 13.2 Å². The highest BCUT2D eigenvalue weighted by Crippen LogP contribution is 2.19. The van der Waals surface area contributed by atoms with Gasteiger partial charge in [0.1, 0.15) is 6.61 Å². The molecule has 0 aliphatic rings. The number of ketones is 1. The van der Waals surface area contributed by atoms with E-state index in [0.29, 0.717) is 5.56 Å². The average molecular weight is 271 g/mol. The summed E-state index contributed by atoms with van der Waals surface area (Å²) in [6, 6.07) is 6.50. The van der Waals surface area contributed by atoms with Crippen LogP contribution in [0.15, 0.2) is 29.2 Å². The number of ether oxygens (including phenoxy) is 1. The summed E-state index contributed by atoms with van der Waals surface area (Å²) in [4.78, 5) is 11.7. The van der Waals surface area contributed by atoms with Crippen molar-refractivity contribution >= 4 is 15.8 Å². The number of carbonyl (C=O) groups excluding carboxylic acids is 1. The van der Waals surface area contributed by atoms with Crippen molar-refractivity contribution in [3.8, 4) is 0 Å². The number of carbonyl (C=O) groups is 1. The van der Waals surface area contributed by atoms with Gasteiger partial charge in [-0.25, -0.2) is 12.7 Å². The van der Waals surface area contributed by atoms with Crippen LogP contribution in [0.4, 0.5) is 0 Å². The molecule has 0 amide bonds. The molecule has 0 atom stereocenters. The summed E-state index contributed by atoms with van der Waals surface area (Å²) in [5, 5.41) is 0. The number of hydrogen-bond donors (Lipinski definition) is 0. The second-order valence-corrected chi connectivity index (χ2v) is 6.16. The Morgan fingerprint density at radius 1 is 1.28 bits per heavy atom. The Morgan fingerprint density at radius 2 is 1.89 bits per heavy atom. The van der Waals surface area contributed by atoms with Crippen molar-refractivity contribution < 1.29 is 17.9 Å². The Bertz CT molecular complexity index is 523. The minimum absolute atomic E-state index is 0.0175. The van der Waals surface area contributed by atoms with Crippen LogP contribution in [0.2, 0.25) is 0 Å². The van der Waals surface area contributed by atoms with Gasteiger partial charge in [-0.1, -0.05) is 18.2 Å². The standard InChI is InChI=1S/C12H17NO4S/c1-13(2)18(15,16)12-7-5-4-6-10(12)8-11(14)9-17-3/h4-7H,8-9H2,1-3H3. The number of hydrogen-bond acceptors (Lipinski definition) is 4. The Kier molecular flexibility index (Phi) is 5.01. The van der Waals surface area contributed by atoms with Crippen LogP contribution < -0.4 is 0 Å². The minimum Gasteiger partial charge on any atom is -0.377 e. The lowest BCUT2D eigenvalue weighted by atomic mass is 10.1. The quantitative estimate of drug-likeness (QED) is 0.764. The zero-order valence-corrected chi connectivity index (χ0v) is 11.5. The molecular formula is C12H17NO4S. The van der Waals surface area contributed by atoms with Crippen molar-refractivity contribution in [1.82, 2.24) is 4.31 Å². The van der Waals surface area contributed by atoms with Crippen LogP contribution in [0, 0.1) is 0 Å². The summed E-state index contributed by atoms with van der Waals surface area (Å²) in [5.41, 5.74) is 0.494. The monoisotopic (exact) mass is 271 g/mol. The normalized spacial score (nSPS) is 11.8. The van der Waals surface area contributed by atoms with Gasteiger partial charge in [0.15, 0.2) is 5.78 Å². The van der Waals surface area contributed by atoms with Crippen molar-refractivity contribution in [1.29, 1.82) is 0 Å². The van der Waals surface area contributed by atoms with Crippen LogP contribution in [0.1, 0.15) is 5.56 Å². The van der Waals surface area contributed by atoms with Crippen molar-refractivity contribution in [2.75, 3.05) is 27.8 Å². The smallest absolute Gasteiger partial charge is 0.242 e. The maximum Gasteiger partial charge on any atom is 0.242 e. The molecule has 0 saturated heterocycles. The third-order valence-electron chi connectivity index (χ3n) is 2.42. The minimum atomic E-state index is -3.53. The Labute approximate surface area is 107 Å². The van der Waals surface area contributed by atoms with Crippen LogP contribution >= 0.6 is 0 Å². The van der Waals surface area contributed by atoms with Gasteiger partial charge in [0.2, 0.25) is 10.0 Å². The van der Waals surface area contributed by atoms with E-state index >= 15 is 0 Å². The van der Waals surface area contributed by atoms with Crippen LogP contribution in [-0.2, 0) is 26.0 Å². The Balaban J connectivity index is 3.12. The van der Waals surface area contributed by atoms with Crippen LogP contribution in [0.5, 0.6) is 0 Å². The van der Waals surface area contributed by atoms with Crippen LogP contribution in [0.25, 0.3) is 0 Å². The molecule has 1 rings (SSSR count). The number of rotatable bonds is 6. The molecule has 6 heteroatoms. The summed E-state index contributed by atoms with van der Waals surface area (Å²) >= 11 is 0. The van der Waals surface area contributed by atoms with Gasteiger partial charge in [0.05, 0.1) is 4.90 Å². The lowest BCUT2D eigenvalue weighted by Gasteiger charge is -2.14. The van der Waals surface area contributed by atoms with E-state index in [1.807, 2.05) is 0 Å². The Hall–Kier alpha value is -1.24. The fourth-order valence-corrected chi connectivity index (χ4v) is 2.64. The molecule has 0 radical (unpaired) electrons. The molecule has 0 N–H and O–H groups in total. The number of benzene rings is 1. The molecule has 1 aromatic rings. The molecule has 1 aromatic carbocycles. The van der Waals surface area contributed by atoms with Gasteiger partial charge in [-0.2, -0.15) is 0 Å². The summed E-state index contributed by atoms with van der Waals surface area (Å²) in [7, 11) is 0.826. The molecular weight excluding hydrogens is 254 g/mol. The van der Waals surface area contributed by atoms with Crippen molar-refractivity contribution in [3.63, 3.8) is 0 Å². The van der Waals surface area contributed by atoms with Gasteiger partial charge in [0.25, 0.3) is 0 Å². The molecule has 0 bridgehead atoms. The topological polar surface area (TPSA) is 63.7 Å². The highest BCUT2D eigenvalue weighted by molar-refractivity contribution is 7.89. The first-order chi connectivity index (χ1) is 8.39. The predicted molar refractivity (Wildman–Crippen MR) is 67.9 cm³/mol. The zero-order chi connectivity index (χ0) is 13.8. The lowest BCUT2D eigenvalue weighted by Crippen LogP contribution is -2.24. The Morgan fingerprint density at radius 3 is 2.44 bits per heavy atom. The highest BCUT2D eigenvalue weighted by atomic mass is 32.2. The first kappa shape index (κ1) is 14.8. The van der Waals surface area contributed by atoms with E-state index in [4.69, 9.17) is 4.74 Å². The molecule has 100 valence electrons. The molecule has 0 fully saturated rings. The first-order valence-electron chi connectivity index (χ1n) is 5.40. The number of nitrogens with zero attached hydrogens (tertiary/aromatic N) is 1. The van der Waals surface area contributed by atoms with Gasteiger partial charge < -0.3 is 4.74 Å². The highest BCUT2D eigenvalue weighted by Gasteiger charge is 2.21. The third-order valence-corrected chi connectivity index (χ3v) is 4.34. The van der Waals surface area contributed by atoms with E-state index in [0.717, 1.165) is 4.31 Å². The van der Waals surface area contributed by atoms with E-state index in [2.05, 4.69) is 0 Å². The molecule has 18 heavy (non-hydrogen) atoms. The van der Waals surface area contributed by atoms with Crippen molar-refractivity contribution in [2.45, 2.75) is 11.3 Å². The second kappa shape index (κ2) is 6.08. The molecule has 0 aliphatic heterocycles. The number of methoxy groups -OCH3 is 1. The average Bonchev–Trinajstić information content (AvgIpc) is 2.29. The maximum absolute atomic E-state index is 12.1. The van der Waals surface area contributed by atoms with E-state index in [1.165, 1.54) is 27.3 Å². The van der Waals surface area contributed by atoms with Gasteiger partial charge >= 0.3 is 0 Å². The molecule has 0 aliphatic carbocycles. The third kappa shape index (κ3) is 3.38. The summed E-state index contributed by atoms with van der Waals surface area (Å²) in [5.74, 6) is -0.154. The summed E-state index contributed by atoms with van der Waals surface area (Å²) < 4.78 is 30.0. The molecule has 0 spiro atoms.